The van der Waals surface area contributed by atoms with Crippen LogP contribution in [0.4, 0.5) is 5.69 Å². The van der Waals surface area contributed by atoms with Gasteiger partial charge in [0.2, 0.25) is 0 Å². The Morgan fingerprint density at radius 1 is 1.56 bits per heavy atom. The Kier molecular flexibility index (Phi) is 4.31. The third-order valence-corrected chi connectivity index (χ3v) is 2.12. The van der Waals surface area contributed by atoms with Crippen LogP contribution in [0.1, 0.15) is 19.4 Å². The van der Waals surface area contributed by atoms with Crippen molar-refractivity contribution in [2.24, 2.45) is 0 Å². The molecule has 0 aliphatic rings. The molecule has 2 N–H and O–H groups in total. The Morgan fingerprint density at radius 3 is 2.81 bits per heavy atom. The second-order valence-corrected chi connectivity index (χ2v) is 3.58. The molecule has 0 saturated heterocycles. The van der Waals surface area contributed by atoms with Crippen LogP contribution in [0.15, 0.2) is 18.2 Å². The Labute approximate surface area is 95.2 Å². The van der Waals surface area contributed by atoms with Gasteiger partial charge in [-0.1, -0.05) is 12.1 Å². The molecule has 1 aromatic rings. The van der Waals surface area contributed by atoms with Gasteiger partial charge >= 0.3 is 5.97 Å². The molecule has 0 aliphatic heterocycles. The zero-order chi connectivity index (χ0) is 12.1. The molecule has 1 unspecified atom stereocenters. The molecule has 4 heteroatoms. The molecule has 88 valence electrons. The van der Waals surface area contributed by atoms with Gasteiger partial charge in [-0.05, 0) is 32.4 Å². The van der Waals surface area contributed by atoms with E-state index in [0.29, 0.717) is 5.75 Å². The van der Waals surface area contributed by atoms with Gasteiger partial charge in [0.15, 0.2) is 5.75 Å². The minimum Gasteiger partial charge on any atom is -0.422 e. The first-order chi connectivity index (χ1) is 7.56. The van der Waals surface area contributed by atoms with Crippen molar-refractivity contribution >= 4 is 11.7 Å². The molecule has 1 atom stereocenters. The van der Waals surface area contributed by atoms with Crippen LogP contribution >= 0.6 is 0 Å². The number of para-hydroxylation sites is 1. The molecule has 0 aliphatic carbocycles. The molecule has 0 spiro atoms. The lowest BCUT2D eigenvalue weighted by atomic mass is 10.2. The van der Waals surface area contributed by atoms with Crippen LogP contribution in [-0.2, 0) is 4.79 Å². The summed E-state index contributed by atoms with van der Waals surface area (Å²) in [5.41, 5.74) is 1.61. The smallest absolute Gasteiger partial charge is 0.340 e. The molecule has 0 bridgehead atoms. The predicted octanol–water partition coefficient (Wildman–Crippen LogP) is 1.71. The van der Waals surface area contributed by atoms with Crippen molar-refractivity contribution in [2.75, 3.05) is 11.9 Å². The second-order valence-electron chi connectivity index (χ2n) is 3.58. The third-order valence-electron chi connectivity index (χ3n) is 2.12. The van der Waals surface area contributed by atoms with Crippen LogP contribution < -0.4 is 10.1 Å². The molecule has 1 rings (SSSR count). The summed E-state index contributed by atoms with van der Waals surface area (Å²) >= 11 is 0. The highest BCUT2D eigenvalue weighted by atomic mass is 16.5. The van der Waals surface area contributed by atoms with E-state index in [2.05, 4.69) is 5.32 Å². The number of rotatable bonds is 4. The number of hydrogen-bond acceptors (Lipinski definition) is 4. The number of hydrogen-bond donors (Lipinski definition) is 2. The number of aliphatic hydroxyl groups is 1. The van der Waals surface area contributed by atoms with E-state index < -0.39 is 12.1 Å². The zero-order valence-corrected chi connectivity index (χ0v) is 9.78. The van der Waals surface area contributed by atoms with Gasteiger partial charge in [0.1, 0.15) is 6.10 Å². The summed E-state index contributed by atoms with van der Waals surface area (Å²) in [6.45, 7) is 5.93. The Morgan fingerprint density at radius 2 is 2.25 bits per heavy atom. The normalized spacial score (nSPS) is 12.0. The highest BCUT2D eigenvalue weighted by Crippen LogP contribution is 2.28. The fraction of sp³-hybridized carbons (Fsp3) is 0.417. The number of esters is 1. The largest absolute Gasteiger partial charge is 0.422 e. The summed E-state index contributed by atoms with van der Waals surface area (Å²) in [5.74, 6) is -0.163. The minimum absolute atomic E-state index is 0.482. The summed E-state index contributed by atoms with van der Waals surface area (Å²) in [6.07, 6.45) is -1.12. The average molecular weight is 223 g/mol. The predicted molar refractivity (Wildman–Crippen MR) is 62.7 cm³/mol. The fourth-order valence-electron chi connectivity index (χ4n) is 1.30. The van der Waals surface area contributed by atoms with Gasteiger partial charge in [0.25, 0.3) is 0 Å². The summed E-state index contributed by atoms with van der Waals surface area (Å²) in [7, 11) is 0. The van der Waals surface area contributed by atoms with Crippen LogP contribution in [0.3, 0.4) is 0 Å². The van der Waals surface area contributed by atoms with Crippen molar-refractivity contribution in [1.82, 2.24) is 0 Å². The van der Waals surface area contributed by atoms with E-state index in [1.165, 1.54) is 6.92 Å². The van der Waals surface area contributed by atoms with Crippen molar-refractivity contribution in [3.05, 3.63) is 23.8 Å². The maximum atomic E-state index is 11.3. The second kappa shape index (κ2) is 5.51. The molecule has 0 amide bonds. The van der Waals surface area contributed by atoms with Gasteiger partial charge < -0.3 is 15.2 Å². The van der Waals surface area contributed by atoms with E-state index in [9.17, 15) is 4.79 Å². The molecule has 0 radical (unpaired) electrons. The van der Waals surface area contributed by atoms with Gasteiger partial charge in [-0.2, -0.15) is 0 Å². The summed E-state index contributed by atoms with van der Waals surface area (Å²) in [5, 5.41) is 12.2. The van der Waals surface area contributed by atoms with Gasteiger partial charge in [0, 0.05) is 6.54 Å². The van der Waals surface area contributed by atoms with Crippen LogP contribution in [0.5, 0.6) is 5.75 Å². The van der Waals surface area contributed by atoms with Gasteiger partial charge in [0.05, 0.1) is 5.69 Å². The van der Waals surface area contributed by atoms with Crippen molar-refractivity contribution in [3.8, 4) is 5.75 Å². The fourth-order valence-corrected chi connectivity index (χ4v) is 1.30. The highest BCUT2D eigenvalue weighted by Gasteiger charge is 2.15. The average Bonchev–Trinajstić information content (AvgIpc) is 2.23. The first-order valence-electron chi connectivity index (χ1n) is 5.29. The van der Waals surface area contributed by atoms with Crippen LogP contribution in [0.2, 0.25) is 0 Å². The van der Waals surface area contributed by atoms with Crippen LogP contribution in [0, 0.1) is 6.92 Å². The SMILES string of the molecule is CCNc1cccc(C)c1OC(=O)C(C)O. The van der Waals surface area contributed by atoms with Crippen molar-refractivity contribution in [2.45, 2.75) is 26.9 Å². The maximum absolute atomic E-state index is 11.3. The molecule has 1 aromatic carbocycles. The lowest BCUT2D eigenvalue weighted by Crippen LogP contribution is -2.23. The van der Waals surface area contributed by atoms with Crippen molar-refractivity contribution < 1.29 is 14.6 Å². The number of carbonyl (C=O) groups excluding carboxylic acids is 1. The van der Waals surface area contributed by atoms with E-state index in [1.54, 1.807) is 0 Å². The van der Waals surface area contributed by atoms with Gasteiger partial charge in [-0.15, -0.1) is 0 Å². The molecule has 0 saturated carbocycles. The van der Waals surface area contributed by atoms with E-state index in [0.717, 1.165) is 17.8 Å². The molecule has 0 aromatic heterocycles. The minimum atomic E-state index is -1.12. The molecule has 16 heavy (non-hydrogen) atoms. The number of anilines is 1. The van der Waals surface area contributed by atoms with Crippen molar-refractivity contribution in [3.63, 3.8) is 0 Å². The molecule has 0 fully saturated rings. The summed E-state index contributed by atoms with van der Waals surface area (Å²) in [6, 6.07) is 5.57. The van der Waals surface area contributed by atoms with Gasteiger partial charge in [-0.25, -0.2) is 4.79 Å². The number of carbonyl (C=O) groups is 1. The maximum Gasteiger partial charge on any atom is 0.340 e. The van der Waals surface area contributed by atoms with Gasteiger partial charge in [-0.3, -0.25) is 0 Å². The number of benzene rings is 1. The lowest BCUT2D eigenvalue weighted by Gasteiger charge is -2.14. The third kappa shape index (κ3) is 2.97. The summed E-state index contributed by atoms with van der Waals surface area (Å²) < 4.78 is 5.14. The summed E-state index contributed by atoms with van der Waals surface area (Å²) in [4.78, 5) is 11.3. The Hall–Kier alpha value is -1.55. The quantitative estimate of drug-likeness (QED) is 0.602. The monoisotopic (exact) mass is 223 g/mol. The van der Waals surface area contributed by atoms with Crippen molar-refractivity contribution in [1.29, 1.82) is 0 Å². The van der Waals surface area contributed by atoms with E-state index in [4.69, 9.17) is 9.84 Å². The van der Waals surface area contributed by atoms with Crippen LogP contribution in [-0.4, -0.2) is 23.7 Å². The number of nitrogens with one attached hydrogen (secondary N) is 1. The molecule has 0 heterocycles. The lowest BCUT2D eigenvalue weighted by molar-refractivity contribution is -0.142. The molecule has 4 nitrogen and oxygen atoms in total. The number of aliphatic hydroxyl groups excluding tert-OH is 1. The first kappa shape index (κ1) is 12.5. The van der Waals surface area contributed by atoms with E-state index in [1.807, 2.05) is 32.0 Å². The van der Waals surface area contributed by atoms with Crippen LogP contribution in [0.25, 0.3) is 0 Å². The molecular formula is C12H17NO3. The standard InChI is InChI=1S/C12H17NO3/c1-4-13-10-7-5-6-8(2)11(10)16-12(15)9(3)14/h5-7,9,13-14H,4H2,1-3H3. The van der Waals surface area contributed by atoms with E-state index >= 15 is 0 Å². The topological polar surface area (TPSA) is 58.6 Å². The zero-order valence-electron chi connectivity index (χ0n) is 9.78. The Bertz CT molecular complexity index is 375. The number of aryl methyl sites for hydroxylation is 1. The first-order valence-corrected chi connectivity index (χ1v) is 5.29. The Balaban J connectivity index is 2.96. The molecular weight excluding hydrogens is 206 g/mol. The highest BCUT2D eigenvalue weighted by molar-refractivity contribution is 5.79. The van der Waals surface area contributed by atoms with E-state index in [-0.39, 0.29) is 0 Å². The number of ether oxygens (including phenoxy) is 1.